The van der Waals surface area contributed by atoms with Crippen molar-refractivity contribution in [3.63, 3.8) is 0 Å². The van der Waals surface area contributed by atoms with Gasteiger partial charge in [-0.05, 0) is 19.1 Å². The second-order valence-corrected chi connectivity index (χ2v) is 7.05. The van der Waals surface area contributed by atoms with E-state index in [9.17, 15) is 26.4 Å². The Bertz CT molecular complexity index is 702. The molecule has 0 radical (unpaired) electrons. The number of halogens is 4. The number of carbonyl (C=O) groups is 1. The molecule has 0 fully saturated rings. The second kappa shape index (κ2) is 11.4. The van der Waals surface area contributed by atoms with Crippen molar-refractivity contribution in [2.45, 2.75) is 24.0 Å². The lowest BCUT2D eigenvalue weighted by molar-refractivity contribution is -0.139. The third kappa shape index (κ3) is 8.43. The van der Waals surface area contributed by atoms with Crippen LogP contribution in [0.25, 0.3) is 0 Å². The predicted molar refractivity (Wildman–Crippen MR) is 96.2 cm³/mol. The summed E-state index contributed by atoms with van der Waals surface area (Å²) in [5, 5.41) is 5.46. The average Bonchev–Trinajstić information content (AvgIpc) is 2.56. The number of nitrogens with one attached hydrogen (secondary N) is 3. The maximum Gasteiger partial charge on any atom is 0.417 e. The number of hydrogen-bond acceptors (Lipinski definition) is 5. The minimum Gasteiger partial charge on any atom is -0.383 e. The van der Waals surface area contributed by atoms with Crippen LogP contribution in [0.15, 0.2) is 29.2 Å². The number of rotatable bonds is 10. The van der Waals surface area contributed by atoms with Crippen molar-refractivity contribution in [3.05, 3.63) is 29.8 Å². The van der Waals surface area contributed by atoms with E-state index in [1.54, 1.807) is 7.11 Å². The molecule has 0 aliphatic carbocycles. The van der Waals surface area contributed by atoms with Gasteiger partial charge in [0.15, 0.2) is 0 Å². The van der Waals surface area contributed by atoms with E-state index in [-0.39, 0.29) is 19.0 Å². The number of alkyl halides is 3. The maximum absolute atomic E-state index is 13.0. The lowest BCUT2D eigenvalue weighted by atomic mass is 10.2. The standard InChI is InChI=1S/C15H22F3N3O4S.ClH/c1-11(14(22)20-8-7-19-9-10-25-2)21-26(23,24)13-6-4-3-5-12(13)15(16,17)18;/h3-6,11,19,21H,7-10H2,1-2H3,(H,20,22);1H. The molecule has 0 aliphatic heterocycles. The quantitative estimate of drug-likeness (QED) is 0.481. The number of methoxy groups -OCH3 is 1. The molecule has 0 bridgehead atoms. The molecule has 12 heteroatoms. The number of amides is 1. The maximum atomic E-state index is 13.0. The predicted octanol–water partition coefficient (Wildman–Crippen LogP) is 1.15. The molecule has 27 heavy (non-hydrogen) atoms. The zero-order valence-corrected chi connectivity index (χ0v) is 16.4. The molecule has 1 unspecified atom stereocenters. The SMILES string of the molecule is COCCNCCNC(=O)C(C)NS(=O)(=O)c1ccccc1C(F)(F)F.Cl. The van der Waals surface area contributed by atoms with Crippen LogP contribution in [-0.2, 0) is 25.7 Å². The van der Waals surface area contributed by atoms with Crippen molar-refractivity contribution in [1.82, 2.24) is 15.4 Å². The number of sulfonamides is 1. The highest BCUT2D eigenvalue weighted by atomic mass is 35.5. The Labute approximate surface area is 162 Å². The first kappa shape index (κ1) is 25.6. The van der Waals surface area contributed by atoms with Crippen LogP contribution in [-0.4, -0.2) is 53.7 Å². The largest absolute Gasteiger partial charge is 0.417 e. The van der Waals surface area contributed by atoms with Crippen LogP contribution >= 0.6 is 12.4 Å². The van der Waals surface area contributed by atoms with Gasteiger partial charge in [0.1, 0.15) is 0 Å². The van der Waals surface area contributed by atoms with Gasteiger partial charge < -0.3 is 15.4 Å². The van der Waals surface area contributed by atoms with E-state index in [1.165, 1.54) is 13.0 Å². The smallest absolute Gasteiger partial charge is 0.383 e. The summed E-state index contributed by atoms with van der Waals surface area (Å²) in [5.74, 6) is -0.647. The first-order chi connectivity index (χ1) is 12.1. The molecule has 156 valence electrons. The van der Waals surface area contributed by atoms with Crippen LogP contribution in [0.5, 0.6) is 0 Å². The van der Waals surface area contributed by atoms with E-state index in [2.05, 4.69) is 10.6 Å². The Kier molecular flexibility index (Phi) is 10.9. The molecule has 0 saturated carbocycles. The molecule has 7 nitrogen and oxygen atoms in total. The van der Waals surface area contributed by atoms with E-state index in [0.717, 1.165) is 12.1 Å². The van der Waals surface area contributed by atoms with Gasteiger partial charge in [-0.15, -0.1) is 12.4 Å². The van der Waals surface area contributed by atoms with Crippen molar-refractivity contribution in [3.8, 4) is 0 Å². The average molecular weight is 434 g/mol. The normalized spacial score (nSPS) is 12.9. The lowest BCUT2D eigenvalue weighted by Gasteiger charge is -2.17. The Morgan fingerprint density at radius 2 is 1.81 bits per heavy atom. The zero-order chi connectivity index (χ0) is 19.8. The van der Waals surface area contributed by atoms with Gasteiger partial charge in [-0.3, -0.25) is 4.79 Å². The van der Waals surface area contributed by atoms with Gasteiger partial charge in [0, 0.05) is 26.7 Å². The molecule has 1 amide bonds. The lowest BCUT2D eigenvalue weighted by Crippen LogP contribution is -2.46. The Hall–Kier alpha value is -1.40. The minimum atomic E-state index is -4.83. The van der Waals surface area contributed by atoms with Crippen LogP contribution in [0.4, 0.5) is 13.2 Å². The fourth-order valence-electron chi connectivity index (χ4n) is 2.01. The van der Waals surface area contributed by atoms with Crippen LogP contribution in [0.1, 0.15) is 12.5 Å². The number of carbonyl (C=O) groups excluding carboxylic acids is 1. The van der Waals surface area contributed by atoms with Gasteiger partial charge in [-0.25, -0.2) is 8.42 Å². The monoisotopic (exact) mass is 433 g/mol. The zero-order valence-electron chi connectivity index (χ0n) is 14.8. The van der Waals surface area contributed by atoms with Crippen LogP contribution < -0.4 is 15.4 Å². The van der Waals surface area contributed by atoms with Crippen molar-refractivity contribution in [1.29, 1.82) is 0 Å². The fraction of sp³-hybridized carbons (Fsp3) is 0.533. The summed E-state index contributed by atoms with van der Waals surface area (Å²) in [6.45, 7) is 3.01. The molecule has 0 aliphatic rings. The molecule has 1 aromatic carbocycles. The second-order valence-electron chi connectivity index (χ2n) is 5.37. The molecule has 1 aromatic rings. The third-order valence-electron chi connectivity index (χ3n) is 3.29. The van der Waals surface area contributed by atoms with Crippen molar-refractivity contribution < 1.29 is 31.1 Å². The first-order valence-electron chi connectivity index (χ1n) is 7.75. The van der Waals surface area contributed by atoms with Gasteiger partial charge in [0.05, 0.1) is 23.1 Å². The van der Waals surface area contributed by atoms with Crippen LogP contribution in [0.2, 0.25) is 0 Å². The summed E-state index contributed by atoms with van der Waals surface area (Å²) in [6.07, 6.45) is -4.83. The van der Waals surface area contributed by atoms with Gasteiger partial charge in [-0.2, -0.15) is 17.9 Å². The molecule has 0 spiro atoms. The van der Waals surface area contributed by atoms with Crippen LogP contribution in [0.3, 0.4) is 0 Å². The summed E-state index contributed by atoms with van der Waals surface area (Å²) >= 11 is 0. The number of hydrogen-bond donors (Lipinski definition) is 3. The molecular formula is C15H23ClF3N3O4S. The Morgan fingerprint density at radius 3 is 2.41 bits per heavy atom. The van der Waals surface area contributed by atoms with E-state index >= 15 is 0 Å². The van der Waals surface area contributed by atoms with Crippen molar-refractivity contribution >= 4 is 28.3 Å². The molecule has 1 rings (SSSR count). The van der Waals surface area contributed by atoms with E-state index in [4.69, 9.17) is 4.74 Å². The van der Waals surface area contributed by atoms with E-state index in [0.29, 0.717) is 25.8 Å². The molecule has 0 aromatic heterocycles. The van der Waals surface area contributed by atoms with Crippen molar-refractivity contribution in [2.75, 3.05) is 33.4 Å². The third-order valence-corrected chi connectivity index (χ3v) is 4.89. The summed E-state index contributed by atoms with van der Waals surface area (Å²) < 4.78 is 70.2. The highest BCUT2D eigenvalue weighted by Gasteiger charge is 2.37. The molecule has 0 heterocycles. The molecule has 1 atom stereocenters. The first-order valence-corrected chi connectivity index (χ1v) is 9.24. The highest BCUT2D eigenvalue weighted by Crippen LogP contribution is 2.33. The summed E-state index contributed by atoms with van der Waals surface area (Å²) in [6, 6.07) is 2.55. The van der Waals surface area contributed by atoms with Gasteiger partial charge in [-0.1, -0.05) is 12.1 Å². The summed E-state index contributed by atoms with van der Waals surface area (Å²) in [7, 11) is -2.97. The van der Waals surface area contributed by atoms with Gasteiger partial charge in [0.2, 0.25) is 15.9 Å². The topological polar surface area (TPSA) is 96.5 Å². The fourth-order valence-corrected chi connectivity index (χ4v) is 3.44. The number of benzene rings is 1. The molecular weight excluding hydrogens is 411 g/mol. The Morgan fingerprint density at radius 1 is 1.19 bits per heavy atom. The highest BCUT2D eigenvalue weighted by molar-refractivity contribution is 7.89. The Balaban J connectivity index is 0.00000676. The summed E-state index contributed by atoms with van der Waals surface area (Å²) in [5.41, 5.74) is -1.29. The molecule has 0 saturated heterocycles. The van der Waals surface area contributed by atoms with E-state index in [1.807, 2.05) is 4.72 Å². The van der Waals surface area contributed by atoms with Crippen LogP contribution in [0, 0.1) is 0 Å². The minimum absolute atomic E-state index is 0. The van der Waals surface area contributed by atoms with Gasteiger partial charge >= 0.3 is 6.18 Å². The molecule has 3 N–H and O–H groups in total. The van der Waals surface area contributed by atoms with Crippen molar-refractivity contribution in [2.24, 2.45) is 0 Å². The summed E-state index contributed by atoms with van der Waals surface area (Å²) in [4.78, 5) is 11.0. The van der Waals surface area contributed by atoms with E-state index < -0.39 is 38.6 Å². The number of ether oxygens (including phenoxy) is 1. The van der Waals surface area contributed by atoms with Gasteiger partial charge in [0.25, 0.3) is 0 Å².